The number of aliphatic hydroxyl groups excluding tert-OH is 2. The Kier molecular flexibility index (Phi) is 6.70. The summed E-state index contributed by atoms with van der Waals surface area (Å²) in [6.07, 6.45) is 4.35. The minimum atomic E-state index is 0.0341. The predicted molar refractivity (Wildman–Crippen MR) is 120 cm³/mol. The zero-order valence-electron chi connectivity index (χ0n) is 17.5. The lowest BCUT2D eigenvalue weighted by Crippen LogP contribution is -2.36. The van der Waals surface area contributed by atoms with Crippen molar-refractivity contribution in [2.75, 3.05) is 49.2 Å². The molecule has 0 spiro atoms. The Labute approximate surface area is 178 Å². The van der Waals surface area contributed by atoms with Crippen LogP contribution in [0.15, 0.2) is 48.5 Å². The number of carbonyl (C=O) groups is 1. The number of nitrogens with zero attached hydrogens (tertiary/aromatic N) is 2. The third-order valence-corrected chi connectivity index (χ3v) is 6.54. The quantitative estimate of drug-likeness (QED) is 0.718. The number of piperidine rings is 2. The van der Waals surface area contributed by atoms with Crippen LogP contribution in [-0.4, -0.2) is 55.4 Å². The van der Waals surface area contributed by atoms with Gasteiger partial charge in [-0.3, -0.25) is 4.79 Å². The number of hydrogen-bond acceptors (Lipinski definition) is 5. The van der Waals surface area contributed by atoms with Crippen LogP contribution in [0.3, 0.4) is 0 Å². The number of rotatable bonds is 6. The van der Waals surface area contributed by atoms with Gasteiger partial charge in [0.15, 0.2) is 5.78 Å². The monoisotopic (exact) mass is 408 g/mol. The molecule has 160 valence electrons. The van der Waals surface area contributed by atoms with E-state index in [2.05, 4.69) is 9.80 Å². The van der Waals surface area contributed by atoms with Gasteiger partial charge in [-0.2, -0.15) is 0 Å². The predicted octanol–water partition coefficient (Wildman–Crippen LogP) is 3.34. The summed E-state index contributed by atoms with van der Waals surface area (Å²) in [7, 11) is 0. The Morgan fingerprint density at radius 3 is 1.50 bits per heavy atom. The first-order chi connectivity index (χ1) is 14.7. The lowest BCUT2D eigenvalue weighted by Gasteiger charge is -2.33. The van der Waals surface area contributed by atoms with Crippen LogP contribution in [0.5, 0.6) is 0 Å². The first-order valence-electron chi connectivity index (χ1n) is 11.1. The van der Waals surface area contributed by atoms with E-state index in [1.165, 1.54) is 0 Å². The number of carbonyl (C=O) groups excluding carboxylic acids is 1. The van der Waals surface area contributed by atoms with Crippen LogP contribution in [0.4, 0.5) is 11.4 Å². The molecule has 2 aromatic rings. The van der Waals surface area contributed by atoms with E-state index in [1.54, 1.807) is 0 Å². The molecule has 2 aliphatic heterocycles. The zero-order chi connectivity index (χ0) is 20.9. The molecule has 0 bridgehead atoms. The SMILES string of the molecule is O=C(c1ccc(N2CCCC(CO)C2)cc1)c1ccc(N2CCCC(CO)C2)cc1. The van der Waals surface area contributed by atoms with E-state index in [9.17, 15) is 15.0 Å². The molecule has 4 rings (SSSR count). The smallest absolute Gasteiger partial charge is 0.193 e. The molecular formula is C25H32N2O3. The lowest BCUT2D eigenvalue weighted by atomic mass is 9.97. The molecule has 2 aromatic carbocycles. The third-order valence-electron chi connectivity index (χ3n) is 6.54. The van der Waals surface area contributed by atoms with E-state index in [0.717, 1.165) is 63.2 Å². The molecule has 2 saturated heterocycles. The fourth-order valence-electron chi connectivity index (χ4n) is 4.71. The van der Waals surface area contributed by atoms with Crippen LogP contribution >= 0.6 is 0 Å². The van der Waals surface area contributed by atoms with Gasteiger partial charge < -0.3 is 20.0 Å². The molecule has 0 amide bonds. The molecule has 2 aliphatic rings. The second-order valence-electron chi connectivity index (χ2n) is 8.70. The van der Waals surface area contributed by atoms with Crippen LogP contribution < -0.4 is 9.80 Å². The summed E-state index contributed by atoms with van der Waals surface area (Å²) >= 11 is 0. The first-order valence-corrected chi connectivity index (χ1v) is 11.1. The number of anilines is 2. The van der Waals surface area contributed by atoms with Gasteiger partial charge in [0, 0.05) is 61.9 Å². The Bertz CT molecular complexity index is 765. The van der Waals surface area contributed by atoms with E-state index in [1.807, 2.05) is 48.5 Å². The number of aliphatic hydroxyl groups is 2. The van der Waals surface area contributed by atoms with Crippen LogP contribution in [-0.2, 0) is 0 Å². The summed E-state index contributed by atoms with van der Waals surface area (Å²) in [5.41, 5.74) is 3.62. The summed E-state index contributed by atoms with van der Waals surface area (Å²) in [4.78, 5) is 17.5. The molecule has 2 N–H and O–H groups in total. The fraction of sp³-hybridized carbons (Fsp3) is 0.480. The van der Waals surface area contributed by atoms with Crippen LogP contribution in [0.1, 0.15) is 41.6 Å². The standard InChI is InChI=1S/C25H32N2O3/c28-17-19-3-1-13-26(15-19)23-9-5-21(6-10-23)25(30)22-7-11-24(12-8-22)27-14-2-4-20(16-27)18-29/h5-12,19-20,28-29H,1-4,13-18H2. The molecule has 5 heteroatoms. The van der Waals surface area contributed by atoms with Gasteiger partial charge in [-0.25, -0.2) is 0 Å². The van der Waals surface area contributed by atoms with Crippen LogP contribution in [0, 0.1) is 11.8 Å². The molecule has 5 nitrogen and oxygen atoms in total. The van der Waals surface area contributed by atoms with E-state index in [-0.39, 0.29) is 19.0 Å². The molecule has 30 heavy (non-hydrogen) atoms. The van der Waals surface area contributed by atoms with Crippen LogP contribution in [0.2, 0.25) is 0 Å². The maximum Gasteiger partial charge on any atom is 0.193 e. The van der Waals surface area contributed by atoms with Crippen molar-refractivity contribution in [3.8, 4) is 0 Å². The van der Waals surface area contributed by atoms with E-state index >= 15 is 0 Å². The van der Waals surface area contributed by atoms with Gasteiger partial charge in [0.1, 0.15) is 0 Å². The van der Waals surface area contributed by atoms with Gasteiger partial charge in [-0.1, -0.05) is 0 Å². The van der Waals surface area contributed by atoms with Gasteiger partial charge in [-0.15, -0.1) is 0 Å². The Hall–Kier alpha value is -2.37. The molecule has 0 aromatic heterocycles. The molecular weight excluding hydrogens is 376 g/mol. The average molecular weight is 409 g/mol. The highest BCUT2D eigenvalue weighted by Crippen LogP contribution is 2.26. The van der Waals surface area contributed by atoms with Crippen molar-refractivity contribution in [2.24, 2.45) is 11.8 Å². The lowest BCUT2D eigenvalue weighted by molar-refractivity contribution is 0.103. The van der Waals surface area contributed by atoms with Crippen molar-refractivity contribution >= 4 is 17.2 Å². The minimum absolute atomic E-state index is 0.0341. The highest BCUT2D eigenvalue weighted by Gasteiger charge is 2.21. The minimum Gasteiger partial charge on any atom is -0.396 e. The van der Waals surface area contributed by atoms with E-state index in [4.69, 9.17) is 0 Å². The molecule has 2 fully saturated rings. The van der Waals surface area contributed by atoms with Crippen molar-refractivity contribution in [3.05, 3.63) is 59.7 Å². The summed E-state index contributed by atoms with van der Waals surface area (Å²) in [5, 5.41) is 18.9. The van der Waals surface area contributed by atoms with Crippen molar-refractivity contribution in [2.45, 2.75) is 25.7 Å². The average Bonchev–Trinajstić information content (AvgIpc) is 2.84. The van der Waals surface area contributed by atoms with Gasteiger partial charge in [0.05, 0.1) is 0 Å². The van der Waals surface area contributed by atoms with Crippen molar-refractivity contribution < 1.29 is 15.0 Å². The number of hydrogen-bond donors (Lipinski definition) is 2. The van der Waals surface area contributed by atoms with Crippen LogP contribution in [0.25, 0.3) is 0 Å². The largest absolute Gasteiger partial charge is 0.396 e. The molecule has 2 heterocycles. The highest BCUT2D eigenvalue weighted by atomic mass is 16.3. The Balaban J connectivity index is 1.41. The van der Waals surface area contributed by atoms with Crippen molar-refractivity contribution in [3.63, 3.8) is 0 Å². The molecule has 2 unspecified atom stereocenters. The highest BCUT2D eigenvalue weighted by molar-refractivity contribution is 6.09. The first kappa shape index (κ1) is 20.9. The summed E-state index contributed by atoms with van der Waals surface area (Å²) in [6.45, 7) is 4.22. The zero-order valence-corrected chi connectivity index (χ0v) is 17.5. The van der Waals surface area contributed by atoms with Crippen molar-refractivity contribution in [1.82, 2.24) is 0 Å². The topological polar surface area (TPSA) is 64.0 Å². The fourth-order valence-corrected chi connectivity index (χ4v) is 4.71. The Morgan fingerprint density at radius 1 is 0.733 bits per heavy atom. The summed E-state index contributed by atoms with van der Waals surface area (Å²) in [5.74, 6) is 0.712. The summed E-state index contributed by atoms with van der Waals surface area (Å²) in [6, 6.07) is 15.7. The van der Waals surface area contributed by atoms with Gasteiger partial charge in [-0.05, 0) is 86.1 Å². The van der Waals surface area contributed by atoms with Gasteiger partial charge in [0.25, 0.3) is 0 Å². The van der Waals surface area contributed by atoms with Gasteiger partial charge >= 0.3 is 0 Å². The summed E-state index contributed by atoms with van der Waals surface area (Å²) < 4.78 is 0. The Morgan fingerprint density at radius 2 is 1.13 bits per heavy atom. The van der Waals surface area contributed by atoms with Gasteiger partial charge in [0.2, 0.25) is 0 Å². The second-order valence-corrected chi connectivity index (χ2v) is 8.70. The molecule has 2 atom stereocenters. The maximum atomic E-state index is 12.9. The van der Waals surface area contributed by atoms with E-state index in [0.29, 0.717) is 23.0 Å². The van der Waals surface area contributed by atoms with E-state index < -0.39 is 0 Å². The normalized spacial score (nSPS) is 22.2. The number of ketones is 1. The molecule has 0 radical (unpaired) electrons. The van der Waals surface area contributed by atoms with Crippen molar-refractivity contribution in [1.29, 1.82) is 0 Å². The maximum absolute atomic E-state index is 12.9. The molecule has 0 aliphatic carbocycles. The molecule has 0 saturated carbocycles. The second kappa shape index (κ2) is 9.63. The number of benzene rings is 2. The third kappa shape index (κ3) is 4.68.